The van der Waals surface area contributed by atoms with Gasteiger partial charge in [0.1, 0.15) is 0 Å². The fourth-order valence-electron chi connectivity index (χ4n) is 1.42. The summed E-state index contributed by atoms with van der Waals surface area (Å²) in [5.41, 5.74) is 6.94. The van der Waals surface area contributed by atoms with Crippen LogP contribution in [0.1, 0.15) is 17.9 Å². The summed E-state index contributed by atoms with van der Waals surface area (Å²) in [6.45, 7) is 1.57. The van der Waals surface area contributed by atoms with E-state index in [9.17, 15) is 0 Å². The van der Waals surface area contributed by atoms with Crippen molar-refractivity contribution in [3.8, 4) is 5.06 Å². The van der Waals surface area contributed by atoms with Gasteiger partial charge >= 0.3 is 0 Å². The minimum Gasteiger partial charge on any atom is -0.484 e. The highest BCUT2D eigenvalue weighted by Gasteiger charge is 2.20. The lowest BCUT2D eigenvalue weighted by Gasteiger charge is -2.21. The molecule has 1 aromatic heterocycles. The van der Waals surface area contributed by atoms with Gasteiger partial charge in [-0.2, -0.15) is 0 Å². The molecule has 2 rings (SSSR count). The number of hydrogen-bond donors (Lipinski definition) is 1. The summed E-state index contributed by atoms with van der Waals surface area (Å²) in [5.74, 6) is 0.532. The molecule has 1 aliphatic heterocycles. The maximum absolute atomic E-state index is 5.63. The molecule has 0 aromatic carbocycles. The Morgan fingerprint density at radius 3 is 3.45 bits per heavy atom. The molecule has 0 radical (unpaired) electrons. The molecule has 2 heterocycles. The third kappa shape index (κ3) is 1.14. The molecule has 1 atom stereocenters. The molecular weight excluding hydrogens is 158 g/mol. The van der Waals surface area contributed by atoms with Gasteiger partial charge < -0.3 is 10.5 Å². The highest BCUT2D eigenvalue weighted by molar-refractivity contribution is 7.12. The molecule has 0 bridgehead atoms. The van der Waals surface area contributed by atoms with Gasteiger partial charge in [0.2, 0.25) is 0 Å². The quantitative estimate of drug-likeness (QED) is 0.692. The van der Waals surface area contributed by atoms with Crippen molar-refractivity contribution in [3.05, 3.63) is 17.0 Å². The van der Waals surface area contributed by atoms with Gasteiger partial charge in [-0.3, -0.25) is 0 Å². The predicted molar refractivity (Wildman–Crippen MR) is 46.2 cm³/mol. The highest BCUT2D eigenvalue weighted by Crippen LogP contribution is 2.37. The topological polar surface area (TPSA) is 35.2 Å². The third-order valence-corrected chi connectivity index (χ3v) is 2.92. The Balaban J connectivity index is 2.32. The van der Waals surface area contributed by atoms with Crippen LogP contribution in [0, 0.1) is 0 Å². The minimum absolute atomic E-state index is 0.532. The van der Waals surface area contributed by atoms with Crippen molar-refractivity contribution in [2.45, 2.75) is 12.3 Å². The van der Waals surface area contributed by atoms with E-state index in [0.29, 0.717) is 5.92 Å². The van der Waals surface area contributed by atoms with E-state index in [2.05, 4.69) is 11.4 Å². The summed E-state index contributed by atoms with van der Waals surface area (Å²) in [6, 6.07) is 2.12. The first-order valence-corrected chi connectivity index (χ1v) is 4.70. The Morgan fingerprint density at radius 1 is 1.73 bits per heavy atom. The first kappa shape index (κ1) is 7.13. The number of fused-ring (bicyclic) bond motifs is 1. The summed E-state index contributed by atoms with van der Waals surface area (Å²) in [4.78, 5) is 0. The van der Waals surface area contributed by atoms with E-state index in [0.717, 1.165) is 24.6 Å². The highest BCUT2D eigenvalue weighted by atomic mass is 32.1. The van der Waals surface area contributed by atoms with Gasteiger partial charge in [0.15, 0.2) is 5.06 Å². The Bertz CT molecular complexity index is 246. The maximum Gasteiger partial charge on any atom is 0.177 e. The summed E-state index contributed by atoms with van der Waals surface area (Å²) < 4.78 is 5.46. The van der Waals surface area contributed by atoms with Crippen LogP contribution in [0.3, 0.4) is 0 Å². The molecule has 2 nitrogen and oxygen atoms in total. The predicted octanol–water partition coefficient (Wildman–Crippen LogP) is 1.57. The molecule has 0 fully saturated rings. The monoisotopic (exact) mass is 169 g/mol. The first-order chi connectivity index (χ1) is 5.42. The van der Waals surface area contributed by atoms with E-state index in [1.54, 1.807) is 11.3 Å². The second-order valence-electron chi connectivity index (χ2n) is 2.73. The van der Waals surface area contributed by atoms with Crippen LogP contribution < -0.4 is 10.5 Å². The molecule has 0 saturated heterocycles. The van der Waals surface area contributed by atoms with Crippen molar-refractivity contribution in [2.24, 2.45) is 5.73 Å². The lowest BCUT2D eigenvalue weighted by Crippen LogP contribution is -2.19. The molecule has 0 saturated carbocycles. The van der Waals surface area contributed by atoms with E-state index < -0.39 is 0 Å². The fraction of sp³-hybridized carbons (Fsp3) is 0.500. The van der Waals surface area contributed by atoms with Crippen molar-refractivity contribution in [2.75, 3.05) is 13.2 Å². The second-order valence-corrected chi connectivity index (χ2v) is 3.61. The molecule has 1 aromatic rings. The van der Waals surface area contributed by atoms with Crippen LogP contribution in [-0.4, -0.2) is 13.2 Å². The molecule has 2 N–H and O–H groups in total. The van der Waals surface area contributed by atoms with Gasteiger partial charge in [0, 0.05) is 11.5 Å². The lowest BCUT2D eigenvalue weighted by atomic mass is 9.97. The van der Waals surface area contributed by atoms with Crippen molar-refractivity contribution < 1.29 is 4.74 Å². The summed E-state index contributed by atoms with van der Waals surface area (Å²) in [5, 5.41) is 3.14. The van der Waals surface area contributed by atoms with Crippen molar-refractivity contribution in [1.29, 1.82) is 0 Å². The van der Waals surface area contributed by atoms with Crippen LogP contribution in [0.2, 0.25) is 0 Å². The molecule has 1 aliphatic rings. The van der Waals surface area contributed by atoms with Crippen LogP contribution in [-0.2, 0) is 0 Å². The summed E-state index contributed by atoms with van der Waals surface area (Å²) >= 11 is 1.67. The molecule has 0 spiro atoms. The van der Waals surface area contributed by atoms with E-state index in [4.69, 9.17) is 10.5 Å². The van der Waals surface area contributed by atoms with Crippen LogP contribution in [0.25, 0.3) is 0 Å². The van der Waals surface area contributed by atoms with Crippen molar-refractivity contribution >= 4 is 11.3 Å². The fourth-order valence-corrected chi connectivity index (χ4v) is 2.28. The van der Waals surface area contributed by atoms with Crippen LogP contribution in [0.4, 0.5) is 0 Å². The minimum atomic E-state index is 0.532. The molecule has 0 amide bonds. The SMILES string of the molecule is NCC1CCOc2sccc21. The van der Waals surface area contributed by atoms with Crippen molar-refractivity contribution in [3.63, 3.8) is 0 Å². The van der Waals surface area contributed by atoms with E-state index in [1.165, 1.54) is 5.56 Å². The molecule has 11 heavy (non-hydrogen) atoms. The number of ether oxygens (including phenoxy) is 1. The molecule has 3 heteroatoms. The van der Waals surface area contributed by atoms with Gasteiger partial charge in [0.25, 0.3) is 0 Å². The zero-order chi connectivity index (χ0) is 7.68. The molecular formula is C8H11NOS. The van der Waals surface area contributed by atoms with Crippen molar-refractivity contribution in [1.82, 2.24) is 0 Å². The number of nitrogens with two attached hydrogens (primary N) is 1. The van der Waals surface area contributed by atoms with Gasteiger partial charge in [-0.1, -0.05) is 0 Å². The zero-order valence-electron chi connectivity index (χ0n) is 6.25. The van der Waals surface area contributed by atoms with Gasteiger partial charge in [0.05, 0.1) is 6.61 Å². The van der Waals surface area contributed by atoms with Gasteiger partial charge in [-0.25, -0.2) is 0 Å². The Hall–Kier alpha value is -0.540. The van der Waals surface area contributed by atoms with Gasteiger partial charge in [-0.05, 0) is 24.4 Å². The Morgan fingerprint density at radius 2 is 2.64 bits per heavy atom. The lowest BCUT2D eigenvalue weighted by molar-refractivity contribution is 0.278. The number of rotatable bonds is 1. The van der Waals surface area contributed by atoms with Crippen LogP contribution in [0.15, 0.2) is 11.4 Å². The zero-order valence-corrected chi connectivity index (χ0v) is 7.06. The van der Waals surface area contributed by atoms with Crippen LogP contribution in [0.5, 0.6) is 5.06 Å². The summed E-state index contributed by atoms with van der Waals surface area (Å²) in [7, 11) is 0. The largest absolute Gasteiger partial charge is 0.484 e. The normalized spacial score (nSPS) is 22.5. The van der Waals surface area contributed by atoms with E-state index >= 15 is 0 Å². The van der Waals surface area contributed by atoms with Crippen LogP contribution >= 0.6 is 11.3 Å². The molecule has 0 aliphatic carbocycles. The average molecular weight is 169 g/mol. The third-order valence-electron chi connectivity index (χ3n) is 2.08. The Labute approximate surface area is 70.0 Å². The maximum atomic E-state index is 5.63. The van der Waals surface area contributed by atoms with E-state index in [1.807, 2.05) is 0 Å². The smallest absolute Gasteiger partial charge is 0.177 e. The Kier molecular flexibility index (Phi) is 1.84. The van der Waals surface area contributed by atoms with E-state index in [-0.39, 0.29) is 0 Å². The average Bonchev–Trinajstić information content (AvgIpc) is 2.50. The van der Waals surface area contributed by atoms with Gasteiger partial charge in [-0.15, -0.1) is 11.3 Å². The number of hydrogen-bond acceptors (Lipinski definition) is 3. The molecule has 1 unspecified atom stereocenters. The number of thiophene rings is 1. The first-order valence-electron chi connectivity index (χ1n) is 3.82. The second kappa shape index (κ2) is 2.83. The molecule has 60 valence electrons. The summed E-state index contributed by atoms with van der Waals surface area (Å²) in [6.07, 6.45) is 1.07. The standard InChI is InChI=1S/C8H11NOS/c9-5-6-1-3-10-8-7(6)2-4-11-8/h2,4,6H,1,3,5,9H2.